The van der Waals surface area contributed by atoms with Gasteiger partial charge in [0.1, 0.15) is 16.7 Å². The van der Waals surface area contributed by atoms with Crippen molar-refractivity contribution in [2.45, 2.75) is 24.8 Å². The van der Waals surface area contributed by atoms with Crippen molar-refractivity contribution in [3.8, 4) is 11.6 Å². The number of sulfonamides is 1. The molecule has 0 spiro atoms. The fourth-order valence-electron chi connectivity index (χ4n) is 2.50. The second-order valence-corrected chi connectivity index (χ2v) is 7.33. The average Bonchev–Trinajstić information content (AvgIpc) is 2.54. The molecule has 2 heterocycles. The van der Waals surface area contributed by atoms with Gasteiger partial charge >= 0.3 is 0 Å². The minimum atomic E-state index is -3.71. The first-order valence-electron chi connectivity index (χ1n) is 7.22. The maximum absolute atomic E-state index is 13.0. The van der Waals surface area contributed by atoms with Gasteiger partial charge in [0.2, 0.25) is 5.88 Å². The number of hydrogen-bond acceptors (Lipinski definition) is 5. The topological polar surface area (TPSA) is 68.7 Å². The zero-order valence-corrected chi connectivity index (χ0v) is 14.0. The van der Waals surface area contributed by atoms with Gasteiger partial charge in [0.15, 0.2) is 0 Å². The molecule has 2 aromatic rings. The van der Waals surface area contributed by atoms with E-state index in [2.05, 4.69) is 4.98 Å². The molecule has 0 aliphatic carbocycles. The zero-order chi connectivity index (χ0) is 16.6. The number of anilines is 1. The summed E-state index contributed by atoms with van der Waals surface area (Å²) in [6.45, 7) is 4.01. The van der Waals surface area contributed by atoms with Gasteiger partial charge in [-0.15, -0.1) is 0 Å². The normalized spacial score (nSPS) is 17.3. The molecule has 1 aliphatic heterocycles. The Balaban J connectivity index is 2.07. The molecule has 7 heteroatoms. The van der Waals surface area contributed by atoms with Crippen molar-refractivity contribution < 1.29 is 17.9 Å². The second-order valence-electron chi connectivity index (χ2n) is 5.47. The van der Waals surface area contributed by atoms with Gasteiger partial charge in [-0.25, -0.2) is 13.4 Å². The minimum Gasteiger partial charge on any atom is -0.487 e. The van der Waals surface area contributed by atoms with E-state index in [9.17, 15) is 8.42 Å². The number of pyridine rings is 1. The molecule has 0 radical (unpaired) electrons. The highest BCUT2D eigenvalue weighted by Crippen LogP contribution is 2.37. The summed E-state index contributed by atoms with van der Waals surface area (Å²) in [4.78, 5) is 4.12. The summed E-state index contributed by atoms with van der Waals surface area (Å²) in [6, 6.07) is 8.55. The largest absolute Gasteiger partial charge is 0.487 e. The summed E-state index contributed by atoms with van der Waals surface area (Å²) in [5.74, 6) is 0.940. The van der Waals surface area contributed by atoms with Crippen molar-refractivity contribution >= 4 is 15.7 Å². The Morgan fingerprint density at radius 3 is 2.74 bits per heavy atom. The Kier molecular flexibility index (Phi) is 3.89. The molecule has 122 valence electrons. The van der Waals surface area contributed by atoms with E-state index in [4.69, 9.17) is 9.47 Å². The third-order valence-electron chi connectivity index (χ3n) is 3.64. The Hall–Kier alpha value is -2.28. The highest BCUT2D eigenvalue weighted by atomic mass is 32.2. The Morgan fingerprint density at radius 2 is 2.09 bits per heavy atom. The minimum absolute atomic E-state index is 0.125. The summed E-state index contributed by atoms with van der Waals surface area (Å²) in [7, 11) is -2.23. The summed E-state index contributed by atoms with van der Waals surface area (Å²) in [6.07, 6.45) is 1.08. The lowest BCUT2D eigenvalue weighted by Crippen LogP contribution is -2.42. The number of hydrogen-bond donors (Lipinski definition) is 0. The summed E-state index contributed by atoms with van der Waals surface area (Å²) >= 11 is 0. The second kappa shape index (κ2) is 5.73. The monoisotopic (exact) mass is 334 g/mol. The van der Waals surface area contributed by atoms with E-state index in [1.54, 1.807) is 6.07 Å². The molecular weight excluding hydrogens is 316 g/mol. The maximum Gasteiger partial charge on any atom is 0.266 e. The molecule has 1 aromatic heterocycles. The van der Waals surface area contributed by atoms with Gasteiger partial charge in [-0.05, 0) is 37.6 Å². The number of fused-ring (bicyclic) bond motifs is 1. The highest BCUT2D eigenvalue weighted by molar-refractivity contribution is 7.92. The van der Waals surface area contributed by atoms with Crippen molar-refractivity contribution in [1.29, 1.82) is 0 Å². The predicted octanol–water partition coefficient (Wildman–Crippen LogP) is 2.37. The van der Waals surface area contributed by atoms with Crippen LogP contribution in [0.5, 0.6) is 11.6 Å². The van der Waals surface area contributed by atoms with Gasteiger partial charge in [-0.1, -0.05) is 6.07 Å². The Morgan fingerprint density at radius 1 is 1.30 bits per heavy atom. The number of benzene rings is 1. The maximum atomic E-state index is 13.0. The molecular formula is C16H18N2O4S. The molecule has 0 bridgehead atoms. The number of aryl methyl sites for hydroxylation is 1. The van der Waals surface area contributed by atoms with E-state index in [1.807, 2.05) is 26.0 Å². The molecule has 0 amide bonds. The fraction of sp³-hybridized carbons (Fsp3) is 0.312. The molecule has 0 N–H and O–H groups in total. The summed E-state index contributed by atoms with van der Waals surface area (Å²) in [5.41, 5.74) is 1.52. The quantitative estimate of drug-likeness (QED) is 0.862. The van der Waals surface area contributed by atoms with Gasteiger partial charge in [0.25, 0.3) is 10.0 Å². The van der Waals surface area contributed by atoms with E-state index in [1.165, 1.54) is 29.7 Å². The molecule has 23 heavy (non-hydrogen) atoms. The number of ether oxygens (including phenoxy) is 2. The fourth-order valence-corrected chi connectivity index (χ4v) is 3.99. The van der Waals surface area contributed by atoms with Crippen LogP contribution in [0.2, 0.25) is 0 Å². The van der Waals surface area contributed by atoms with Gasteiger partial charge < -0.3 is 9.47 Å². The van der Waals surface area contributed by atoms with Crippen molar-refractivity contribution in [2.24, 2.45) is 0 Å². The van der Waals surface area contributed by atoms with E-state index < -0.39 is 10.0 Å². The lowest BCUT2D eigenvalue weighted by Gasteiger charge is -2.34. The zero-order valence-electron chi connectivity index (χ0n) is 13.2. The predicted molar refractivity (Wildman–Crippen MR) is 86.6 cm³/mol. The van der Waals surface area contributed by atoms with Crippen LogP contribution in [-0.4, -0.2) is 33.2 Å². The Labute approximate surface area is 135 Å². The Bertz CT molecular complexity index is 818. The molecule has 1 atom stereocenters. The van der Waals surface area contributed by atoms with Crippen LogP contribution in [0.1, 0.15) is 12.5 Å². The number of nitrogens with zero attached hydrogens (tertiary/aromatic N) is 2. The van der Waals surface area contributed by atoms with Gasteiger partial charge in [0.05, 0.1) is 25.5 Å². The van der Waals surface area contributed by atoms with Crippen LogP contribution in [0.15, 0.2) is 41.4 Å². The third-order valence-corrected chi connectivity index (χ3v) is 5.40. The first-order chi connectivity index (χ1) is 10.9. The number of rotatable bonds is 3. The van der Waals surface area contributed by atoms with Gasteiger partial charge in [0, 0.05) is 6.07 Å². The molecule has 1 aromatic carbocycles. The van der Waals surface area contributed by atoms with Crippen LogP contribution in [-0.2, 0) is 10.0 Å². The van der Waals surface area contributed by atoms with Crippen LogP contribution in [0.25, 0.3) is 0 Å². The van der Waals surface area contributed by atoms with Gasteiger partial charge in [-0.3, -0.25) is 4.31 Å². The highest BCUT2D eigenvalue weighted by Gasteiger charge is 2.33. The summed E-state index contributed by atoms with van der Waals surface area (Å²) in [5, 5.41) is 0. The van der Waals surface area contributed by atoms with Crippen LogP contribution >= 0.6 is 0 Å². The molecule has 0 fully saturated rings. The van der Waals surface area contributed by atoms with E-state index in [0.717, 1.165) is 5.56 Å². The van der Waals surface area contributed by atoms with Crippen LogP contribution in [0.4, 0.5) is 5.69 Å². The molecule has 0 saturated heterocycles. The van der Waals surface area contributed by atoms with E-state index in [-0.39, 0.29) is 17.5 Å². The van der Waals surface area contributed by atoms with Crippen molar-refractivity contribution in [2.75, 3.05) is 18.0 Å². The lowest BCUT2D eigenvalue weighted by atomic mass is 10.2. The van der Waals surface area contributed by atoms with E-state index >= 15 is 0 Å². The van der Waals surface area contributed by atoms with Gasteiger partial charge in [-0.2, -0.15) is 0 Å². The van der Waals surface area contributed by atoms with Crippen LogP contribution in [0.3, 0.4) is 0 Å². The molecule has 0 saturated carbocycles. The molecule has 1 unspecified atom stereocenters. The lowest BCUT2D eigenvalue weighted by molar-refractivity contribution is 0.219. The average molecular weight is 334 g/mol. The SMILES string of the molecule is COc1ccc(S(=O)(=O)N2CC(C)Oc3ccc(C)cc32)cn1. The third kappa shape index (κ3) is 2.84. The summed E-state index contributed by atoms with van der Waals surface area (Å²) < 4.78 is 38.1. The number of methoxy groups -OCH3 is 1. The first kappa shape index (κ1) is 15.6. The molecule has 3 rings (SSSR count). The molecule has 1 aliphatic rings. The smallest absolute Gasteiger partial charge is 0.266 e. The van der Waals surface area contributed by atoms with Crippen molar-refractivity contribution in [1.82, 2.24) is 4.98 Å². The van der Waals surface area contributed by atoms with E-state index in [0.29, 0.717) is 17.3 Å². The van der Waals surface area contributed by atoms with Crippen molar-refractivity contribution in [3.63, 3.8) is 0 Å². The first-order valence-corrected chi connectivity index (χ1v) is 8.66. The number of aromatic nitrogens is 1. The van der Waals surface area contributed by atoms with Crippen LogP contribution in [0, 0.1) is 6.92 Å². The molecule has 6 nitrogen and oxygen atoms in total. The van der Waals surface area contributed by atoms with Crippen LogP contribution < -0.4 is 13.8 Å². The standard InChI is InChI=1S/C16H18N2O4S/c1-11-4-6-15-14(8-11)18(10-12(2)22-15)23(19,20)13-5-7-16(21-3)17-9-13/h4-9,12H,10H2,1-3H3. The van der Waals surface area contributed by atoms with Crippen molar-refractivity contribution in [3.05, 3.63) is 42.1 Å².